The van der Waals surface area contributed by atoms with Crippen LogP contribution in [0.3, 0.4) is 0 Å². The van der Waals surface area contributed by atoms with Crippen molar-refractivity contribution in [2.45, 2.75) is 13.8 Å². The largest absolute Gasteiger partial charge is 0.663 e. The van der Waals surface area contributed by atoms with E-state index in [1.165, 1.54) is 0 Å². The van der Waals surface area contributed by atoms with Gasteiger partial charge in [0.1, 0.15) is 0 Å². The number of nitrogens with zero attached hydrogens (tertiary/aromatic N) is 1. The molecule has 0 unspecified atom stereocenters. The van der Waals surface area contributed by atoms with Gasteiger partial charge in [0.2, 0.25) is 0 Å². The van der Waals surface area contributed by atoms with Crippen molar-refractivity contribution in [3.05, 3.63) is 5.32 Å². The van der Waals surface area contributed by atoms with Crippen LogP contribution in [0.1, 0.15) is 13.8 Å². The Morgan fingerprint density at radius 3 is 1.29 bits per heavy atom. The van der Waals surface area contributed by atoms with Crippen molar-refractivity contribution in [3.8, 4) is 0 Å². The predicted molar refractivity (Wildman–Crippen MR) is 24.4 cm³/mol. The standard InChI is InChI=1S/C4H10N.2Ti/c1-3-5-4-2;;/h3-4H2,1-2H3;;/q-1;;. The molecule has 0 aliphatic rings. The van der Waals surface area contributed by atoms with E-state index in [4.69, 9.17) is 0 Å². The molecule has 0 fully saturated rings. The molecular weight excluding hydrogens is 158 g/mol. The van der Waals surface area contributed by atoms with Crippen LogP contribution in [0.5, 0.6) is 0 Å². The zero-order chi connectivity index (χ0) is 4.12. The summed E-state index contributed by atoms with van der Waals surface area (Å²) in [7, 11) is 0. The fraction of sp³-hybridized carbons (Fsp3) is 1.00. The molecule has 0 heterocycles. The Morgan fingerprint density at radius 2 is 1.29 bits per heavy atom. The topological polar surface area (TPSA) is 14.1 Å². The second-order valence-electron chi connectivity index (χ2n) is 0.856. The van der Waals surface area contributed by atoms with Crippen molar-refractivity contribution < 1.29 is 43.4 Å². The van der Waals surface area contributed by atoms with Crippen molar-refractivity contribution in [1.29, 1.82) is 0 Å². The minimum Gasteiger partial charge on any atom is -0.663 e. The minimum atomic E-state index is 0. The molecule has 0 saturated carbocycles. The van der Waals surface area contributed by atoms with Crippen LogP contribution in [0.15, 0.2) is 0 Å². The van der Waals surface area contributed by atoms with Crippen molar-refractivity contribution >= 4 is 0 Å². The summed E-state index contributed by atoms with van der Waals surface area (Å²) >= 11 is 0. The van der Waals surface area contributed by atoms with E-state index < -0.39 is 0 Å². The van der Waals surface area contributed by atoms with Gasteiger partial charge in [-0.15, -0.1) is 0 Å². The molecule has 3 heteroatoms. The summed E-state index contributed by atoms with van der Waals surface area (Å²) < 4.78 is 0. The second-order valence-corrected chi connectivity index (χ2v) is 0.856. The van der Waals surface area contributed by atoms with Gasteiger partial charge in [0.15, 0.2) is 0 Å². The Morgan fingerprint density at radius 1 is 1.00 bits per heavy atom. The SMILES string of the molecule is CC[N-]CC.[Ti].[Ti]. The third-order valence-electron chi connectivity index (χ3n) is 0.447. The third kappa shape index (κ3) is 18.7. The van der Waals surface area contributed by atoms with Crippen molar-refractivity contribution in [2.24, 2.45) is 0 Å². The van der Waals surface area contributed by atoms with Gasteiger partial charge in [-0.2, -0.15) is 13.1 Å². The van der Waals surface area contributed by atoms with Crippen LogP contribution < -0.4 is 0 Å². The summed E-state index contributed by atoms with van der Waals surface area (Å²) in [6.45, 7) is 6.03. The van der Waals surface area contributed by atoms with Gasteiger partial charge in [0.25, 0.3) is 0 Å². The summed E-state index contributed by atoms with van der Waals surface area (Å²) in [6, 6.07) is 0. The first-order chi connectivity index (χ1) is 2.41. The molecule has 0 aromatic rings. The molecule has 0 aromatic carbocycles. The Hall–Kier alpha value is 1.39. The average molecular weight is 168 g/mol. The van der Waals surface area contributed by atoms with E-state index in [0.29, 0.717) is 0 Å². The molecule has 1 nitrogen and oxygen atoms in total. The van der Waals surface area contributed by atoms with E-state index in [1.807, 2.05) is 13.8 Å². The third-order valence-corrected chi connectivity index (χ3v) is 0.447. The van der Waals surface area contributed by atoms with E-state index in [9.17, 15) is 0 Å². The maximum absolute atomic E-state index is 3.97. The first kappa shape index (κ1) is 15.8. The molecule has 40 valence electrons. The van der Waals surface area contributed by atoms with Crippen LogP contribution in [0, 0.1) is 0 Å². The first-order valence-corrected chi connectivity index (χ1v) is 2.05. The summed E-state index contributed by atoms with van der Waals surface area (Å²) in [4.78, 5) is 0. The average Bonchev–Trinajstić information content (AvgIpc) is 1.41. The molecule has 0 aliphatic heterocycles. The summed E-state index contributed by atoms with van der Waals surface area (Å²) in [5.74, 6) is 0. The molecule has 0 aliphatic carbocycles. The van der Waals surface area contributed by atoms with Gasteiger partial charge in [-0.1, -0.05) is 13.8 Å². The molecule has 0 N–H and O–H groups in total. The second kappa shape index (κ2) is 15.7. The van der Waals surface area contributed by atoms with E-state index >= 15 is 0 Å². The number of hydrogen-bond donors (Lipinski definition) is 0. The molecule has 0 radical (unpaired) electrons. The molecular formula is C4H10NTi2-. The summed E-state index contributed by atoms with van der Waals surface area (Å²) in [5.41, 5.74) is 0. The Labute approximate surface area is 75.4 Å². The predicted octanol–water partition coefficient (Wildman–Crippen LogP) is 1.39. The van der Waals surface area contributed by atoms with E-state index in [1.54, 1.807) is 0 Å². The van der Waals surface area contributed by atoms with Crippen molar-refractivity contribution in [2.75, 3.05) is 13.1 Å². The monoisotopic (exact) mass is 168 g/mol. The van der Waals surface area contributed by atoms with Crippen LogP contribution in [-0.2, 0) is 43.4 Å². The first-order valence-electron chi connectivity index (χ1n) is 2.05. The van der Waals surface area contributed by atoms with Gasteiger partial charge in [0.05, 0.1) is 0 Å². The summed E-state index contributed by atoms with van der Waals surface area (Å²) in [5, 5.41) is 3.97. The maximum atomic E-state index is 3.97. The number of hydrogen-bond acceptors (Lipinski definition) is 0. The van der Waals surface area contributed by atoms with Crippen LogP contribution in [0.25, 0.3) is 5.32 Å². The van der Waals surface area contributed by atoms with Gasteiger partial charge >= 0.3 is 0 Å². The van der Waals surface area contributed by atoms with Gasteiger partial charge < -0.3 is 5.32 Å². The Bertz CT molecular complexity index is 17.2. The molecule has 0 saturated heterocycles. The van der Waals surface area contributed by atoms with Gasteiger partial charge in [-0.3, -0.25) is 0 Å². The van der Waals surface area contributed by atoms with Gasteiger partial charge in [-0.25, -0.2) is 0 Å². The van der Waals surface area contributed by atoms with Crippen molar-refractivity contribution in [1.82, 2.24) is 0 Å². The fourth-order valence-corrected chi connectivity index (χ4v) is 0.224. The van der Waals surface area contributed by atoms with Gasteiger partial charge in [0, 0.05) is 43.4 Å². The van der Waals surface area contributed by atoms with E-state index in [-0.39, 0.29) is 43.4 Å². The zero-order valence-corrected chi connectivity index (χ0v) is 7.98. The smallest absolute Gasteiger partial charge is 0 e. The summed E-state index contributed by atoms with van der Waals surface area (Å²) in [6.07, 6.45) is 0. The Kier molecular flexibility index (Phi) is 35.3. The molecule has 0 atom stereocenters. The van der Waals surface area contributed by atoms with Crippen LogP contribution >= 0.6 is 0 Å². The fourth-order valence-electron chi connectivity index (χ4n) is 0.224. The molecule has 0 bridgehead atoms. The van der Waals surface area contributed by atoms with Crippen molar-refractivity contribution in [3.63, 3.8) is 0 Å². The normalized spacial score (nSPS) is 6.00. The zero-order valence-electron chi connectivity index (χ0n) is 4.86. The quantitative estimate of drug-likeness (QED) is 0.553. The maximum Gasteiger partial charge on any atom is 0 e. The van der Waals surface area contributed by atoms with Crippen LogP contribution in [-0.4, -0.2) is 13.1 Å². The van der Waals surface area contributed by atoms with Crippen LogP contribution in [0.2, 0.25) is 0 Å². The Balaban J connectivity index is -0.0000000800. The molecule has 0 aromatic heterocycles. The molecule has 0 amide bonds. The molecule has 0 spiro atoms. The van der Waals surface area contributed by atoms with Crippen LogP contribution in [0.4, 0.5) is 0 Å². The van der Waals surface area contributed by atoms with Gasteiger partial charge in [-0.05, 0) is 0 Å². The minimum absolute atomic E-state index is 0. The molecule has 7 heavy (non-hydrogen) atoms. The van der Waals surface area contributed by atoms with E-state index in [0.717, 1.165) is 13.1 Å². The van der Waals surface area contributed by atoms with E-state index in [2.05, 4.69) is 5.32 Å². The molecule has 0 rings (SSSR count). The number of rotatable bonds is 2.